The van der Waals surface area contributed by atoms with Gasteiger partial charge in [-0.25, -0.2) is 4.79 Å². The lowest BCUT2D eigenvalue weighted by Crippen LogP contribution is -2.22. The molecule has 0 saturated carbocycles. The molecule has 1 aromatic carbocycles. The van der Waals surface area contributed by atoms with Crippen LogP contribution in [0.3, 0.4) is 0 Å². The van der Waals surface area contributed by atoms with E-state index < -0.39 is 24.1 Å². The molecule has 0 aliphatic heterocycles. The number of carboxylic acid groups (broad SMARTS) is 1. The van der Waals surface area contributed by atoms with Crippen LogP contribution >= 0.6 is 0 Å². The summed E-state index contributed by atoms with van der Waals surface area (Å²) in [6.07, 6.45) is -2.92. The Morgan fingerprint density at radius 3 is 2.42 bits per heavy atom. The number of carbonyl (C=O) groups excluding carboxylic acids is 1. The molecule has 0 saturated heterocycles. The van der Waals surface area contributed by atoms with Crippen molar-refractivity contribution in [2.75, 3.05) is 7.11 Å². The van der Waals surface area contributed by atoms with Gasteiger partial charge in [-0.1, -0.05) is 12.1 Å². The molecule has 2 unspecified atom stereocenters. The maximum absolute atomic E-state index is 11.0. The molecule has 1 aromatic rings. The van der Waals surface area contributed by atoms with Crippen LogP contribution in [0.5, 0.6) is 0 Å². The molecule has 0 spiro atoms. The molecule has 1 rings (SSSR count). The second-order valence-electron chi connectivity index (χ2n) is 4.17. The van der Waals surface area contributed by atoms with E-state index in [9.17, 15) is 19.8 Å². The summed E-state index contributed by atoms with van der Waals surface area (Å²) in [6, 6.07) is 4.22. The first-order valence-corrected chi connectivity index (χ1v) is 5.63. The maximum atomic E-state index is 11.0. The topological polar surface area (TPSA) is 104 Å². The number of carbonyl (C=O) groups is 2. The standard InChI is InChI=1S/C13H16O6/c1-7-5-8(3-4-9(7)13(17)18)12(16)10(14)6-11(15)19-2/h3-5,10,12,14,16H,6H2,1-2H3,(H,17,18). The zero-order chi connectivity index (χ0) is 14.6. The zero-order valence-corrected chi connectivity index (χ0v) is 10.7. The second kappa shape index (κ2) is 6.31. The molecule has 0 heterocycles. The molecule has 0 aliphatic rings. The molecule has 0 aromatic heterocycles. The maximum Gasteiger partial charge on any atom is 0.335 e. The van der Waals surface area contributed by atoms with Crippen LogP contribution in [0.1, 0.15) is 34.0 Å². The van der Waals surface area contributed by atoms with E-state index in [0.29, 0.717) is 11.1 Å². The minimum Gasteiger partial charge on any atom is -0.478 e. The number of aliphatic hydroxyl groups excluding tert-OH is 2. The molecule has 0 aliphatic carbocycles. The molecule has 0 amide bonds. The number of aliphatic hydroxyl groups is 2. The Kier molecular flexibility index (Phi) is 5.02. The number of aryl methyl sites for hydroxylation is 1. The van der Waals surface area contributed by atoms with Crippen molar-refractivity contribution in [1.29, 1.82) is 0 Å². The van der Waals surface area contributed by atoms with Gasteiger partial charge in [-0.2, -0.15) is 0 Å². The fourth-order valence-electron chi connectivity index (χ4n) is 1.70. The summed E-state index contributed by atoms with van der Waals surface area (Å²) in [4.78, 5) is 21.8. The van der Waals surface area contributed by atoms with Crippen LogP contribution in [-0.2, 0) is 9.53 Å². The summed E-state index contributed by atoms with van der Waals surface area (Å²) < 4.78 is 4.39. The number of hydrogen-bond acceptors (Lipinski definition) is 5. The average Bonchev–Trinajstić information content (AvgIpc) is 2.36. The van der Waals surface area contributed by atoms with Gasteiger partial charge in [0.1, 0.15) is 6.10 Å². The zero-order valence-electron chi connectivity index (χ0n) is 10.7. The second-order valence-corrected chi connectivity index (χ2v) is 4.17. The Hall–Kier alpha value is -1.92. The number of rotatable bonds is 5. The van der Waals surface area contributed by atoms with Gasteiger partial charge in [0.25, 0.3) is 0 Å². The van der Waals surface area contributed by atoms with Gasteiger partial charge in [-0.3, -0.25) is 4.79 Å². The van der Waals surface area contributed by atoms with Crippen LogP contribution in [0.25, 0.3) is 0 Å². The molecule has 104 valence electrons. The quantitative estimate of drug-likeness (QED) is 0.677. The Balaban J connectivity index is 2.88. The first-order chi connectivity index (χ1) is 8.86. The van der Waals surface area contributed by atoms with E-state index in [1.54, 1.807) is 6.92 Å². The van der Waals surface area contributed by atoms with E-state index in [0.717, 1.165) is 0 Å². The van der Waals surface area contributed by atoms with Gasteiger partial charge in [0.05, 0.1) is 25.2 Å². The fraction of sp³-hybridized carbons (Fsp3) is 0.385. The summed E-state index contributed by atoms with van der Waals surface area (Å²) in [6.45, 7) is 1.59. The average molecular weight is 268 g/mol. The fourth-order valence-corrected chi connectivity index (χ4v) is 1.70. The lowest BCUT2D eigenvalue weighted by atomic mass is 9.98. The number of aromatic carboxylic acids is 1. The van der Waals surface area contributed by atoms with E-state index in [4.69, 9.17) is 5.11 Å². The first-order valence-electron chi connectivity index (χ1n) is 5.63. The highest BCUT2D eigenvalue weighted by Crippen LogP contribution is 2.22. The first kappa shape index (κ1) is 15.1. The van der Waals surface area contributed by atoms with Crippen molar-refractivity contribution in [3.8, 4) is 0 Å². The summed E-state index contributed by atoms with van der Waals surface area (Å²) in [5, 5.41) is 28.4. The lowest BCUT2D eigenvalue weighted by molar-refractivity contribution is -0.144. The van der Waals surface area contributed by atoms with Gasteiger partial charge < -0.3 is 20.1 Å². The highest BCUT2D eigenvalue weighted by Gasteiger charge is 2.22. The van der Waals surface area contributed by atoms with Gasteiger partial charge in [0.15, 0.2) is 0 Å². The van der Waals surface area contributed by atoms with Crippen LogP contribution in [0.2, 0.25) is 0 Å². The van der Waals surface area contributed by atoms with Crippen LogP contribution in [-0.4, -0.2) is 40.5 Å². The van der Waals surface area contributed by atoms with Crippen LogP contribution in [0.4, 0.5) is 0 Å². The third-order valence-corrected chi connectivity index (χ3v) is 2.79. The number of methoxy groups -OCH3 is 1. The Bertz CT molecular complexity index is 482. The van der Waals surface area contributed by atoms with Gasteiger partial charge in [-0.15, -0.1) is 0 Å². The normalized spacial score (nSPS) is 13.7. The molecule has 19 heavy (non-hydrogen) atoms. The third-order valence-electron chi connectivity index (χ3n) is 2.79. The van der Waals surface area contributed by atoms with E-state index in [2.05, 4.69) is 4.74 Å². The number of carboxylic acids is 1. The predicted molar refractivity (Wildman–Crippen MR) is 65.7 cm³/mol. The number of ether oxygens (including phenoxy) is 1. The van der Waals surface area contributed by atoms with Crippen molar-refractivity contribution in [3.63, 3.8) is 0 Å². The van der Waals surface area contributed by atoms with Crippen molar-refractivity contribution in [2.45, 2.75) is 25.6 Å². The largest absolute Gasteiger partial charge is 0.478 e. The molecule has 6 nitrogen and oxygen atoms in total. The molecule has 0 bridgehead atoms. The van der Waals surface area contributed by atoms with E-state index in [1.165, 1.54) is 25.3 Å². The SMILES string of the molecule is COC(=O)CC(O)C(O)c1ccc(C(=O)O)c(C)c1. The van der Waals surface area contributed by atoms with E-state index in [1.807, 2.05) is 0 Å². The third kappa shape index (κ3) is 3.77. The number of esters is 1. The molecule has 0 radical (unpaired) electrons. The summed E-state index contributed by atoms with van der Waals surface area (Å²) in [7, 11) is 1.19. The van der Waals surface area contributed by atoms with Crippen molar-refractivity contribution in [1.82, 2.24) is 0 Å². The van der Waals surface area contributed by atoms with Crippen molar-refractivity contribution in [2.24, 2.45) is 0 Å². The lowest BCUT2D eigenvalue weighted by Gasteiger charge is -2.18. The van der Waals surface area contributed by atoms with Crippen molar-refractivity contribution >= 4 is 11.9 Å². The van der Waals surface area contributed by atoms with Gasteiger partial charge >= 0.3 is 11.9 Å². The molecule has 0 fully saturated rings. The monoisotopic (exact) mass is 268 g/mol. The number of benzene rings is 1. The predicted octanol–water partition coefficient (Wildman–Crippen LogP) is 0.651. The van der Waals surface area contributed by atoms with Crippen molar-refractivity contribution < 1.29 is 29.6 Å². The molecular formula is C13H16O6. The highest BCUT2D eigenvalue weighted by molar-refractivity contribution is 5.89. The number of hydrogen-bond donors (Lipinski definition) is 3. The minimum atomic E-state index is -1.30. The van der Waals surface area contributed by atoms with Crippen molar-refractivity contribution in [3.05, 3.63) is 34.9 Å². The van der Waals surface area contributed by atoms with E-state index >= 15 is 0 Å². The van der Waals surface area contributed by atoms with Gasteiger partial charge in [-0.05, 0) is 24.1 Å². The van der Waals surface area contributed by atoms with E-state index in [-0.39, 0.29) is 12.0 Å². The minimum absolute atomic E-state index is 0.124. The summed E-state index contributed by atoms with van der Waals surface area (Å²) in [5.41, 5.74) is 0.937. The molecular weight excluding hydrogens is 252 g/mol. The Morgan fingerprint density at radius 2 is 1.95 bits per heavy atom. The Morgan fingerprint density at radius 1 is 1.32 bits per heavy atom. The molecule has 2 atom stereocenters. The molecule has 3 N–H and O–H groups in total. The summed E-state index contributed by atoms with van der Waals surface area (Å²) >= 11 is 0. The van der Waals surface area contributed by atoms with Gasteiger partial charge in [0.2, 0.25) is 0 Å². The Labute approximate surface area is 110 Å². The highest BCUT2D eigenvalue weighted by atomic mass is 16.5. The summed E-state index contributed by atoms with van der Waals surface area (Å²) in [5.74, 6) is -1.70. The molecule has 6 heteroatoms. The van der Waals surface area contributed by atoms with Crippen LogP contribution in [0, 0.1) is 6.92 Å². The van der Waals surface area contributed by atoms with Gasteiger partial charge in [0, 0.05) is 0 Å². The van der Waals surface area contributed by atoms with Crippen LogP contribution in [0.15, 0.2) is 18.2 Å². The van der Waals surface area contributed by atoms with Crippen LogP contribution < -0.4 is 0 Å². The smallest absolute Gasteiger partial charge is 0.335 e.